The van der Waals surface area contributed by atoms with Crippen LogP contribution in [0.15, 0.2) is 24.5 Å². The molecule has 1 unspecified atom stereocenters. The van der Waals surface area contributed by atoms with Crippen LogP contribution in [0.25, 0.3) is 0 Å². The Morgan fingerprint density at radius 3 is 2.82 bits per heavy atom. The lowest BCUT2D eigenvalue weighted by Gasteiger charge is -2.13. The molecule has 0 bridgehead atoms. The standard InChI is InChI=1S/C12H16N2O3/c1-9(10-4-3-7-13-8-10)14-11(15)5-2-6-12(16)17/h3-4,7-9H,2,5-6H2,1H3,(H,14,15)(H,16,17). The molecule has 1 amide bonds. The van der Waals surface area contributed by atoms with Gasteiger partial charge in [-0.25, -0.2) is 0 Å². The molecule has 1 rings (SSSR count). The first-order chi connectivity index (χ1) is 8.09. The van der Waals surface area contributed by atoms with E-state index in [1.54, 1.807) is 12.4 Å². The molecule has 0 aromatic carbocycles. The molecule has 5 nitrogen and oxygen atoms in total. The second-order valence-corrected chi connectivity index (χ2v) is 3.82. The number of nitrogens with zero attached hydrogens (tertiary/aromatic N) is 1. The molecule has 1 aromatic heterocycles. The average molecular weight is 236 g/mol. The van der Waals surface area contributed by atoms with E-state index in [-0.39, 0.29) is 24.8 Å². The molecule has 0 aliphatic carbocycles. The minimum Gasteiger partial charge on any atom is -0.481 e. The van der Waals surface area contributed by atoms with Crippen molar-refractivity contribution < 1.29 is 14.7 Å². The second kappa shape index (κ2) is 6.62. The van der Waals surface area contributed by atoms with Crippen LogP contribution < -0.4 is 5.32 Å². The maximum atomic E-state index is 11.5. The zero-order valence-corrected chi connectivity index (χ0v) is 9.72. The molecule has 0 spiro atoms. The van der Waals surface area contributed by atoms with Gasteiger partial charge in [-0.15, -0.1) is 0 Å². The zero-order chi connectivity index (χ0) is 12.7. The highest BCUT2D eigenvalue weighted by molar-refractivity contribution is 5.77. The van der Waals surface area contributed by atoms with E-state index in [1.807, 2.05) is 19.1 Å². The van der Waals surface area contributed by atoms with Gasteiger partial charge in [-0.05, 0) is 25.0 Å². The molecular weight excluding hydrogens is 220 g/mol. The van der Waals surface area contributed by atoms with Crippen molar-refractivity contribution in [3.05, 3.63) is 30.1 Å². The Hall–Kier alpha value is -1.91. The molecule has 2 N–H and O–H groups in total. The van der Waals surface area contributed by atoms with Crippen molar-refractivity contribution in [3.63, 3.8) is 0 Å². The topological polar surface area (TPSA) is 79.3 Å². The fourth-order valence-corrected chi connectivity index (χ4v) is 1.43. The Bertz CT molecular complexity index is 379. The number of nitrogens with one attached hydrogen (secondary N) is 1. The molecule has 1 heterocycles. The third kappa shape index (κ3) is 5.10. The van der Waals surface area contributed by atoms with E-state index in [1.165, 1.54) is 0 Å². The summed E-state index contributed by atoms with van der Waals surface area (Å²) in [6, 6.07) is 3.58. The van der Waals surface area contributed by atoms with Crippen LogP contribution in [0.5, 0.6) is 0 Å². The summed E-state index contributed by atoms with van der Waals surface area (Å²) in [5, 5.41) is 11.2. The molecule has 0 fully saturated rings. The predicted molar refractivity (Wildman–Crippen MR) is 62.3 cm³/mol. The van der Waals surface area contributed by atoms with Crippen LogP contribution >= 0.6 is 0 Å². The monoisotopic (exact) mass is 236 g/mol. The number of aromatic nitrogens is 1. The van der Waals surface area contributed by atoms with Crippen LogP contribution in [-0.4, -0.2) is 22.0 Å². The summed E-state index contributed by atoms with van der Waals surface area (Å²) in [4.78, 5) is 25.7. The van der Waals surface area contributed by atoms with Crippen LogP contribution in [0.3, 0.4) is 0 Å². The summed E-state index contributed by atoms with van der Waals surface area (Å²) in [5.41, 5.74) is 0.930. The first-order valence-electron chi connectivity index (χ1n) is 5.50. The number of pyridine rings is 1. The molecule has 0 radical (unpaired) electrons. The van der Waals surface area contributed by atoms with Gasteiger partial charge < -0.3 is 10.4 Å². The van der Waals surface area contributed by atoms with Crippen LogP contribution in [0.4, 0.5) is 0 Å². The van der Waals surface area contributed by atoms with Gasteiger partial charge >= 0.3 is 5.97 Å². The zero-order valence-electron chi connectivity index (χ0n) is 9.72. The highest BCUT2D eigenvalue weighted by Gasteiger charge is 2.09. The van der Waals surface area contributed by atoms with E-state index in [2.05, 4.69) is 10.3 Å². The highest BCUT2D eigenvalue weighted by Crippen LogP contribution is 2.10. The Morgan fingerprint density at radius 1 is 1.47 bits per heavy atom. The molecule has 92 valence electrons. The highest BCUT2D eigenvalue weighted by atomic mass is 16.4. The largest absolute Gasteiger partial charge is 0.481 e. The van der Waals surface area contributed by atoms with E-state index in [9.17, 15) is 9.59 Å². The number of hydrogen-bond donors (Lipinski definition) is 2. The van der Waals surface area contributed by atoms with Gasteiger partial charge in [-0.3, -0.25) is 14.6 Å². The molecule has 5 heteroatoms. The summed E-state index contributed by atoms with van der Waals surface area (Å²) in [6.45, 7) is 1.87. The van der Waals surface area contributed by atoms with Gasteiger partial charge in [0.15, 0.2) is 0 Å². The van der Waals surface area contributed by atoms with E-state index in [0.717, 1.165) is 5.56 Å². The molecule has 1 aromatic rings. The SMILES string of the molecule is CC(NC(=O)CCCC(=O)O)c1cccnc1. The van der Waals surface area contributed by atoms with Crippen molar-refractivity contribution in [2.75, 3.05) is 0 Å². The second-order valence-electron chi connectivity index (χ2n) is 3.82. The van der Waals surface area contributed by atoms with Crippen LogP contribution in [0, 0.1) is 0 Å². The quantitative estimate of drug-likeness (QED) is 0.784. The van der Waals surface area contributed by atoms with Gasteiger partial charge in [0.25, 0.3) is 0 Å². The van der Waals surface area contributed by atoms with E-state index in [0.29, 0.717) is 6.42 Å². The number of carbonyl (C=O) groups excluding carboxylic acids is 1. The van der Waals surface area contributed by atoms with Crippen molar-refractivity contribution in [1.29, 1.82) is 0 Å². The molecule has 0 saturated heterocycles. The Balaban J connectivity index is 2.34. The van der Waals surface area contributed by atoms with Gasteiger partial charge in [0.1, 0.15) is 0 Å². The van der Waals surface area contributed by atoms with Crippen molar-refractivity contribution in [2.45, 2.75) is 32.2 Å². The van der Waals surface area contributed by atoms with Crippen molar-refractivity contribution in [2.24, 2.45) is 0 Å². The van der Waals surface area contributed by atoms with Crippen molar-refractivity contribution in [1.82, 2.24) is 10.3 Å². The van der Waals surface area contributed by atoms with Gasteiger partial charge in [0, 0.05) is 25.2 Å². The van der Waals surface area contributed by atoms with E-state index < -0.39 is 5.97 Å². The lowest BCUT2D eigenvalue weighted by Crippen LogP contribution is -2.26. The molecule has 0 saturated carbocycles. The predicted octanol–water partition coefficient (Wildman–Crippen LogP) is 1.51. The Labute approximate surface area is 99.9 Å². The average Bonchev–Trinajstić information content (AvgIpc) is 2.29. The third-order valence-corrected chi connectivity index (χ3v) is 2.36. The summed E-state index contributed by atoms with van der Waals surface area (Å²) in [7, 11) is 0. The van der Waals surface area contributed by atoms with Gasteiger partial charge in [0.05, 0.1) is 6.04 Å². The van der Waals surface area contributed by atoms with Crippen molar-refractivity contribution >= 4 is 11.9 Å². The molecule has 0 aliphatic heterocycles. The fourth-order valence-electron chi connectivity index (χ4n) is 1.43. The van der Waals surface area contributed by atoms with Crippen LogP contribution in [0.1, 0.15) is 37.8 Å². The van der Waals surface area contributed by atoms with Gasteiger partial charge in [0.2, 0.25) is 5.91 Å². The Kier molecular flexibility index (Phi) is 5.13. The summed E-state index contributed by atoms with van der Waals surface area (Å²) >= 11 is 0. The van der Waals surface area contributed by atoms with Gasteiger partial charge in [-0.1, -0.05) is 6.07 Å². The smallest absolute Gasteiger partial charge is 0.303 e. The molecule has 17 heavy (non-hydrogen) atoms. The minimum atomic E-state index is -0.877. The number of carboxylic acids is 1. The van der Waals surface area contributed by atoms with E-state index in [4.69, 9.17) is 5.11 Å². The molecule has 1 atom stereocenters. The van der Waals surface area contributed by atoms with Gasteiger partial charge in [-0.2, -0.15) is 0 Å². The lowest BCUT2D eigenvalue weighted by atomic mass is 10.1. The minimum absolute atomic E-state index is 0.0225. The fraction of sp³-hybridized carbons (Fsp3) is 0.417. The number of amides is 1. The number of rotatable bonds is 6. The van der Waals surface area contributed by atoms with E-state index >= 15 is 0 Å². The number of hydrogen-bond acceptors (Lipinski definition) is 3. The first kappa shape index (κ1) is 13.2. The van der Waals surface area contributed by atoms with Crippen LogP contribution in [-0.2, 0) is 9.59 Å². The first-order valence-corrected chi connectivity index (χ1v) is 5.50. The number of carboxylic acid groups (broad SMARTS) is 1. The maximum Gasteiger partial charge on any atom is 0.303 e. The molecule has 0 aliphatic rings. The maximum absolute atomic E-state index is 11.5. The van der Waals surface area contributed by atoms with Crippen LogP contribution in [0.2, 0.25) is 0 Å². The third-order valence-electron chi connectivity index (χ3n) is 2.36. The summed E-state index contributed by atoms with van der Waals surface area (Å²) < 4.78 is 0. The number of carbonyl (C=O) groups is 2. The summed E-state index contributed by atoms with van der Waals surface area (Å²) in [6.07, 6.45) is 3.99. The normalized spacial score (nSPS) is 11.8. The summed E-state index contributed by atoms with van der Waals surface area (Å²) in [5.74, 6) is -1.01. The lowest BCUT2D eigenvalue weighted by molar-refractivity contribution is -0.137. The molecular formula is C12H16N2O3. The Morgan fingerprint density at radius 2 is 2.24 bits per heavy atom. The van der Waals surface area contributed by atoms with Crippen molar-refractivity contribution in [3.8, 4) is 0 Å². The number of aliphatic carboxylic acids is 1.